The average molecular weight is 658 g/mol. The highest BCUT2D eigenvalue weighted by Gasteiger charge is 2.62. The van der Waals surface area contributed by atoms with E-state index < -0.39 is 47.3 Å². The van der Waals surface area contributed by atoms with Crippen molar-refractivity contribution in [3.8, 4) is 11.1 Å². The first-order valence-electron chi connectivity index (χ1n) is 16.7. The lowest BCUT2D eigenvalue weighted by molar-refractivity contribution is -0.149. The number of hydrazine groups is 1. The van der Waals surface area contributed by atoms with Crippen molar-refractivity contribution in [2.75, 3.05) is 19.7 Å². The van der Waals surface area contributed by atoms with E-state index in [9.17, 15) is 19.2 Å². The summed E-state index contributed by atoms with van der Waals surface area (Å²) in [5.74, 6) is -1.21. The second-order valence-electron chi connectivity index (χ2n) is 13.6. The number of benzene rings is 2. The van der Waals surface area contributed by atoms with Crippen LogP contribution < -0.4 is 10.7 Å². The topological polar surface area (TPSA) is 139 Å². The number of ether oxygens (including phenoxy) is 2. The average Bonchev–Trinajstić information content (AvgIpc) is 3.41. The summed E-state index contributed by atoms with van der Waals surface area (Å²) in [7, 11) is 0. The Bertz CT molecular complexity index is 1600. The van der Waals surface area contributed by atoms with Gasteiger partial charge >= 0.3 is 18.1 Å². The molecule has 0 radical (unpaired) electrons. The molecule has 2 N–H and O–H groups in total. The van der Waals surface area contributed by atoms with Crippen molar-refractivity contribution in [1.82, 2.24) is 20.7 Å². The zero-order valence-electron chi connectivity index (χ0n) is 27.9. The van der Waals surface area contributed by atoms with Crippen LogP contribution in [0.3, 0.4) is 0 Å². The van der Waals surface area contributed by atoms with E-state index in [0.29, 0.717) is 25.0 Å². The minimum Gasteiger partial charge on any atom is -0.464 e. The molecule has 2 aromatic rings. The first kappa shape index (κ1) is 33.0. The predicted octanol–water partition coefficient (Wildman–Crippen LogP) is 4.92. The molecule has 0 unspecified atom stereocenters. The number of carbonyl (C=O) groups is 4. The van der Waals surface area contributed by atoms with Crippen molar-refractivity contribution in [3.63, 3.8) is 0 Å². The van der Waals surface area contributed by atoms with E-state index >= 15 is 0 Å². The molecule has 4 atom stereocenters. The van der Waals surface area contributed by atoms with Crippen LogP contribution in [0.2, 0.25) is 0 Å². The van der Waals surface area contributed by atoms with Crippen LogP contribution in [0.4, 0.5) is 9.59 Å². The fourth-order valence-corrected chi connectivity index (χ4v) is 6.62. The highest BCUT2D eigenvalue weighted by atomic mass is 16.6. The Morgan fingerprint density at radius 2 is 1.69 bits per heavy atom. The first-order chi connectivity index (χ1) is 23.0. The third-order valence-electron chi connectivity index (χ3n) is 8.99. The third kappa shape index (κ3) is 6.74. The van der Waals surface area contributed by atoms with Gasteiger partial charge in [0.2, 0.25) is 5.91 Å². The largest absolute Gasteiger partial charge is 0.464 e. The molecule has 4 aliphatic rings. The van der Waals surface area contributed by atoms with Crippen molar-refractivity contribution in [2.45, 2.75) is 83.1 Å². The molecule has 2 aliphatic heterocycles. The number of rotatable bonds is 5. The Morgan fingerprint density at radius 3 is 2.33 bits per heavy atom. The van der Waals surface area contributed by atoms with Gasteiger partial charge in [0, 0.05) is 30.0 Å². The molecular weight excluding hydrogens is 614 g/mol. The molecule has 2 aromatic carbocycles. The maximum absolute atomic E-state index is 14.2. The number of oxime groups is 1. The molecule has 0 bridgehead atoms. The summed E-state index contributed by atoms with van der Waals surface area (Å²) in [6, 6.07) is 14.3. The van der Waals surface area contributed by atoms with Crippen molar-refractivity contribution in [2.24, 2.45) is 11.1 Å². The SMILES string of the molecule is CCOC(=O)[C@@]12C[C@H]1/C=C\CCCCN(NC(=O)OC(C)(C)C)C(=O)N1C[C@H](ON=C3c4ccccc4-c4ccccc43)C[C@H]1C(=O)N2. The van der Waals surface area contributed by atoms with E-state index in [4.69, 9.17) is 14.3 Å². The molecule has 12 nitrogen and oxygen atoms in total. The Labute approximate surface area is 280 Å². The number of fused-ring (bicyclic) bond motifs is 5. The Kier molecular flexibility index (Phi) is 9.18. The molecule has 2 fully saturated rings. The van der Waals surface area contributed by atoms with Gasteiger partial charge in [-0.2, -0.15) is 0 Å². The van der Waals surface area contributed by atoms with Crippen LogP contribution in [0.5, 0.6) is 0 Å². The minimum atomic E-state index is -1.20. The molecule has 1 saturated carbocycles. The molecule has 1 saturated heterocycles. The van der Waals surface area contributed by atoms with Gasteiger partial charge in [-0.05, 0) is 64.5 Å². The van der Waals surface area contributed by atoms with Gasteiger partial charge in [0.1, 0.15) is 29.0 Å². The summed E-state index contributed by atoms with van der Waals surface area (Å²) in [5, 5.41) is 8.74. The molecule has 0 aromatic heterocycles. The van der Waals surface area contributed by atoms with Gasteiger partial charge in [0.05, 0.1) is 13.2 Å². The summed E-state index contributed by atoms with van der Waals surface area (Å²) < 4.78 is 10.8. The molecule has 4 amide bonds. The van der Waals surface area contributed by atoms with Gasteiger partial charge in [0.15, 0.2) is 0 Å². The fraction of sp³-hybridized carbons (Fsp3) is 0.472. The highest BCUT2D eigenvalue weighted by Crippen LogP contribution is 2.46. The number of amides is 4. The quantitative estimate of drug-likeness (QED) is 0.226. The summed E-state index contributed by atoms with van der Waals surface area (Å²) in [6.07, 6.45) is 5.06. The fourth-order valence-electron chi connectivity index (χ4n) is 6.62. The predicted molar refractivity (Wildman–Crippen MR) is 178 cm³/mol. The van der Waals surface area contributed by atoms with E-state index in [1.54, 1.807) is 27.7 Å². The van der Waals surface area contributed by atoms with Gasteiger partial charge < -0.3 is 24.5 Å². The van der Waals surface area contributed by atoms with Gasteiger partial charge in [-0.25, -0.2) is 24.8 Å². The number of nitrogens with zero attached hydrogens (tertiary/aromatic N) is 3. The van der Waals surface area contributed by atoms with Gasteiger partial charge in [-0.3, -0.25) is 4.79 Å². The first-order valence-corrected chi connectivity index (χ1v) is 16.7. The van der Waals surface area contributed by atoms with Crippen LogP contribution in [0.25, 0.3) is 11.1 Å². The van der Waals surface area contributed by atoms with E-state index in [1.165, 1.54) is 9.91 Å². The van der Waals surface area contributed by atoms with Crippen LogP contribution in [0.15, 0.2) is 65.8 Å². The number of hydrogen-bond donors (Lipinski definition) is 2. The molecule has 0 spiro atoms. The lowest BCUT2D eigenvalue weighted by atomic mass is 10.1. The number of allylic oxidation sites excluding steroid dienone is 1. The summed E-state index contributed by atoms with van der Waals surface area (Å²) >= 11 is 0. The monoisotopic (exact) mass is 657 g/mol. The highest BCUT2D eigenvalue weighted by molar-refractivity contribution is 6.24. The molecule has 254 valence electrons. The second kappa shape index (κ2) is 13.3. The molecule has 12 heteroatoms. The number of urea groups is 1. The second-order valence-corrected chi connectivity index (χ2v) is 13.6. The van der Waals surface area contributed by atoms with Crippen LogP contribution in [-0.4, -0.2) is 82.6 Å². The maximum Gasteiger partial charge on any atom is 0.426 e. The number of carbonyl (C=O) groups excluding carboxylic acids is 4. The van der Waals surface area contributed by atoms with E-state index in [-0.39, 0.29) is 32.0 Å². The van der Waals surface area contributed by atoms with Gasteiger partial charge in [-0.1, -0.05) is 65.8 Å². The van der Waals surface area contributed by atoms with Crippen molar-refractivity contribution < 1.29 is 33.5 Å². The molecule has 6 rings (SSSR count). The van der Waals surface area contributed by atoms with Crippen molar-refractivity contribution in [3.05, 3.63) is 71.8 Å². The number of esters is 1. The summed E-state index contributed by atoms with van der Waals surface area (Å²) in [5.41, 5.74) is 5.25. The standard InChI is InChI=1S/C36H43N5O7/c1-5-46-32(43)36-21-23(36)14-8-6-7-13-19-41(38-33(44)47-35(2,3)4)34(45)40-22-24(20-29(40)31(42)37-36)48-39-30-27-17-11-9-15-25(27)26-16-10-12-18-28(26)30/h8-12,14-18,23-24,29H,5-7,13,19-22H2,1-4H3,(H,37,42)(H,38,44)/b14-8-/t23-,24-,29+,36-/m1/s1. The zero-order chi connectivity index (χ0) is 34.1. The van der Waals surface area contributed by atoms with Gasteiger partial charge in [-0.15, -0.1) is 0 Å². The Morgan fingerprint density at radius 1 is 1.02 bits per heavy atom. The third-order valence-corrected chi connectivity index (χ3v) is 8.99. The van der Waals surface area contributed by atoms with E-state index in [0.717, 1.165) is 28.7 Å². The number of nitrogens with one attached hydrogen (secondary N) is 2. The number of hydrogen-bond acceptors (Lipinski definition) is 8. The Hall–Kier alpha value is -4.87. The van der Waals surface area contributed by atoms with Crippen molar-refractivity contribution >= 4 is 29.7 Å². The van der Waals surface area contributed by atoms with Crippen LogP contribution in [-0.2, 0) is 23.9 Å². The maximum atomic E-state index is 14.2. The lowest BCUT2D eigenvalue weighted by Crippen LogP contribution is -2.58. The van der Waals surface area contributed by atoms with Crippen molar-refractivity contribution in [1.29, 1.82) is 0 Å². The summed E-state index contributed by atoms with van der Waals surface area (Å²) in [6.45, 7) is 7.33. The molecular formula is C36H43N5O7. The van der Waals surface area contributed by atoms with E-state index in [2.05, 4.69) is 15.9 Å². The lowest BCUT2D eigenvalue weighted by Gasteiger charge is -2.32. The van der Waals surface area contributed by atoms with Crippen LogP contribution in [0, 0.1) is 5.92 Å². The van der Waals surface area contributed by atoms with Crippen LogP contribution in [0.1, 0.15) is 70.9 Å². The van der Waals surface area contributed by atoms with Crippen LogP contribution >= 0.6 is 0 Å². The Balaban J connectivity index is 1.29. The molecule has 2 heterocycles. The van der Waals surface area contributed by atoms with E-state index in [1.807, 2.05) is 60.7 Å². The molecule has 48 heavy (non-hydrogen) atoms. The molecule has 2 aliphatic carbocycles. The zero-order valence-corrected chi connectivity index (χ0v) is 27.9. The smallest absolute Gasteiger partial charge is 0.426 e. The van der Waals surface area contributed by atoms with Gasteiger partial charge in [0.25, 0.3) is 0 Å². The summed E-state index contributed by atoms with van der Waals surface area (Å²) in [4.78, 5) is 61.7. The minimum absolute atomic E-state index is 0.0270. The normalized spacial score (nSPS) is 25.8.